The molecule has 3 rings (SSSR count). The minimum atomic E-state index is 0.108. The molecule has 9 heteroatoms. The van der Waals surface area contributed by atoms with E-state index >= 15 is 0 Å². The molecule has 0 spiro atoms. The molecule has 0 aliphatic rings. The van der Waals surface area contributed by atoms with Gasteiger partial charge in [0.1, 0.15) is 0 Å². The van der Waals surface area contributed by atoms with E-state index in [1.54, 1.807) is 13.8 Å². The molecule has 0 N–H and O–H groups in total. The molecular formula is C8H6N6O3. The van der Waals surface area contributed by atoms with Crippen molar-refractivity contribution < 1.29 is 13.3 Å². The van der Waals surface area contributed by atoms with Crippen LogP contribution in [0.4, 0.5) is 0 Å². The Hall–Kier alpha value is -2.58. The highest BCUT2D eigenvalue weighted by atomic mass is 16.4. The summed E-state index contributed by atoms with van der Waals surface area (Å²) in [7, 11) is 0. The highest BCUT2D eigenvalue weighted by molar-refractivity contribution is 5.41. The molecule has 0 saturated heterocycles. The minimum absolute atomic E-state index is 0.108. The van der Waals surface area contributed by atoms with Gasteiger partial charge in [0.05, 0.1) is 0 Å². The van der Waals surface area contributed by atoms with Crippen LogP contribution >= 0.6 is 0 Å². The summed E-state index contributed by atoms with van der Waals surface area (Å²) in [6, 6.07) is 0. The third kappa shape index (κ3) is 1.67. The molecule has 3 aromatic heterocycles. The lowest BCUT2D eigenvalue weighted by atomic mass is 10.6. The predicted molar refractivity (Wildman–Crippen MR) is 50.4 cm³/mol. The first kappa shape index (κ1) is 9.63. The fourth-order valence-corrected chi connectivity index (χ4v) is 1.16. The van der Waals surface area contributed by atoms with Crippen molar-refractivity contribution in [2.24, 2.45) is 0 Å². The number of aromatic nitrogens is 6. The largest absolute Gasteiger partial charge is 0.417 e. The van der Waals surface area contributed by atoms with Gasteiger partial charge in [0.2, 0.25) is 11.8 Å². The van der Waals surface area contributed by atoms with E-state index in [1.165, 1.54) is 0 Å². The standard InChI is InChI=1S/C8H6N6O3/c1-3-9-11-5(15-3)7-13-14-8(17-7)6-12-10-4(2)16-6/h1-2H3. The SMILES string of the molecule is Cc1nnc(-c2nnc(-c3nnc(C)o3)o2)o1. The summed E-state index contributed by atoms with van der Waals surface area (Å²) < 4.78 is 15.5. The van der Waals surface area contributed by atoms with Gasteiger partial charge in [-0.15, -0.1) is 30.6 Å². The fraction of sp³-hybridized carbons (Fsp3) is 0.250. The molecule has 0 amide bonds. The lowest BCUT2D eigenvalue weighted by Gasteiger charge is -1.83. The van der Waals surface area contributed by atoms with Gasteiger partial charge in [0, 0.05) is 13.8 Å². The summed E-state index contributed by atoms with van der Waals surface area (Å²) in [4.78, 5) is 0. The number of aryl methyl sites for hydroxylation is 2. The van der Waals surface area contributed by atoms with Gasteiger partial charge in [-0.3, -0.25) is 0 Å². The summed E-state index contributed by atoms with van der Waals surface area (Å²) in [6.07, 6.45) is 0. The molecular weight excluding hydrogens is 228 g/mol. The van der Waals surface area contributed by atoms with Crippen LogP contribution in [0.25, 0.3) is 23.6 Å². The average molecular weight is 234 g/mol. The molecule has 0 fully saturated rings. The van der Waals surface area contributed by atoms with Crippen molar-refractivity contribution in [3.8, 4) is 23.6 Å². The molecule has 0 atom stereocenters. The second kappa shape index (κ2) is 3.47. The monoisotopic (exact) mass is 234 g/mol. The maximum atomic E-state index is 5.27. The van der Waals surface area contributed by atoms with Crippen molar-refractivity contribution >= 4 is 0 Å². The molecule has 3 aromatic rings. The lowest BCUT2D eigenvalue weighted by molar-refractivity contribution is 0.475. The Bertz CT molecular complexity index is 599. The van der Waals surface area contributed by atoms with E-state index in [-0.39, 0.29) is 23.6 Å². The van der Waals surface area contributed by atoms with Crippen molar-refractivity contribution in [3.05, 3.63) is 11.8 Å². The Kier molecular flexibility index (Phi) is 1.97. The summed E-state index contributed by atoms with van der Waals surface area (Å²) in [5.41, 5.74) is 0. The molecule has 86 valence electrons. The molecule has 0 aliphatic heterocycles. The Labute approximate surface area is 93.9 Å². The Morgan fingerprint density at radius 3 is 1.24 bits per heavy atom. The lowest BCUT2D eigenvalue weighted by Crippen LogP contribution is -1.77. The molecule has 0 saturated carbocycles. The number of hydrogen-bond donors (Lipinski definition) is 0. The third-order valence-corrected chi connectivity index (χ3v) is 1.84. The number of nitrogens with zero attached hydrogens (tertiary/aromatic N) is 6. The maximum Gasteiger partial charge on any atom is 0.306 e. The van der Waals surface area contributed by atoms with E-state index in [0.29, 0.717) is 11.8 Å². The van der Waals surface area contributed by atoms with E-state index in [1.807, 2.05) is 0 Å². The topological polar surface area (TPSA) is 117 Å². The van der Waals surface area contributed by atoms with Crippen LogP contribution in [0.3, 0.4) is 0 Å². The summed E-state index contributed by atoms with van der Waals surface area (Å²) in [5.74, 6) is 1.34. The zero-order chi connectivity index (χ0) is 11.8. The van der Waals surface area contributed by atoms with Gasteiger partial charge < -0.3 is 13.3 Å². The van der Waals surface area contributed by atoms with Crippen molar-refractivity contribution in [2.75, 3.05) is 0 Å². The van der Waals surface area contributed by atoms with Gasteiger partial charge in [-0.25, -0.2) is 0 Å². The second-order valence-electron chi connectivity index (χ2n) is 3.16. The molecule has 0 bridgehead atoms. The first-order valence-electron chi connectivity index (χ1n) is 4.67. The van der Waals surface area contributed by atoms with E-state index in [2.05, 4.69) is 30.6 Å². The van der Waals surface area contributed by atoms with Crippen LogP contribution in [0.5, 0.6) is 0 Å². The smallest absolute Gasteiger partial charge is 0.306 e. The molecule has 9 nitrogen and oxygen atoms in total. The Balaban J connectivity index is 1.98. The molecule has 0 aromatic carbocycles. The third-order valence-electron chi connectivity index (χ3n) is 1.84. The van der Waals surface area contributed by atoms with E-state index in [0.717, 1.165) is 0 Å². The maximum absolute atomic E-state index is 5.27. The van der Waals surface area contributed by atoms with Gasteiger partial charge in [0.15, 0.2) is 0 Å². The van der Waals surface area contributed by atoms with Gasteiger partial charge in [-0.2, -0.15) is 0 Å². The quantitative estimate of drug-likeness (QED) is 0.633. The van der Waals surface area contributed by atoms with Crippen molar-refractivity contribution in [1.82, 2.24) is 30.6 Å². The fourth-order valence-electron chi connectivity index (χ4n) is 1.16. The van der Waals surface area contributed by atoms with Crippen LogP contribution in [-0.2, 0) is 0 Å². The van der Waals surface area contributed by atoms with Crippen molar-refractivity contribution in [2.45, 2.75) is 13.8 Å². The Morgan fingerprint density at radius 1 is 0.529 bits per heavy atom. The van der Waals surface area contributed by atoms with Gasteiger partial charge in [-0.1, -0.05) is 0 Å². The zero-order valence-corrected chi connectivity index (χ0v) is 8.91. The number of hydrogen-bond acceptors (Lipinski definition) is 9. The zero-order valence-electron chi connectivity index (χ0n) is 8.91. The van der Waals surface area contributed by atoms with Crippen LogP contribution in [0.15, 0.2) is 13.3 Å². The molecule has 17 heavy (non-hydrogen) atoms. The Morgan fingerprint density at radius 2 is 0.882 bits per heavy atom. The molecule has 0 unspecified atom stereocenters. The van der Waals surface area contributed by atoms with Gasteiger partial charge >= 0.3 is 23.6 Å². The molecule has 0 aliphatic carbocycles. The van der Waals surface area contributed by atoms with E-state index < -0.39 is 0 Å². The van der Waals surface area contributed by atoms with Crippen LogP contribution in [0, 0.1) is 13.8 Å². The van der Waals surface area contributed by atoms with Gasteiger partial charge in [0.25, 0.3) is 0 Å². The van der Waals surface area contributed by atoms with Gasteiger partial charge in [-0.05, 0) is 0 Å². The van der Waals surface area contributed by atoms with Crippen LogP contribution in [0.1, 0.15) is 11.8 Å². The number of rotatable bonds is 2. The van der Waals surface area contributed by atoms with E-state index in [4.69, 9.17) is 13.3 Å². The van der Waals surface area contributed by atoms with Crippen LogP contribution < -0.4 is 0 Å². The highest BCUT2D eigenvalue weighted by Crippen LogP contribution is 2.21. The summed E-state index contributed by atoms with van der Waals surface area (Å²) in [6.45, 7) is 3.32. The average Bonchev–Trinajstić information content (AvgIpc) is 2.96. The van der Waals surface area contributed by atoms with E-state index in [9.17, 15) is 0 Å². The summed E-state index contributed by atoms with van der Waals surface area (Å²) in [5, 5.41) is 22.3. The van der Waals surface area contributed by atoms with Crippen LogP contribution in [0.2, 0.25) is 0 Å². The normalized spacial score (nSPS) is 10.9. The predicted octanol–water partition coefficient (Wildman–Crippen LogP) is 0.786. The van der Waals surface area contributed by atoms with Crippen LogP contribution in [-0.4, -0.2) is 30.6 Å². The molecule has 0 radical (unpaired) electrons. The highest BCUT2D eigenvalue weighted by Gasteiger charge is 2.18. The first-order chi connectivity index (χ1) is 8.22. The summed E-state index contributed by atoms with van der Waals surface area (Å²) >= 11 is 0. The van der Waals surface area contributed by atoms with Crippen molar-refractivity contribution in [3.63, 3.8) is 0 Å². The molecule has 3 heterocycles. The minimum Gasteiger partial charge on any atom is -0.417 e. The van der Waals surface area contributed by atoms with Crippen molar-refractivity contribution in [1.29, 1.82) is 0 Å². The second-order valence-corrected chi connectivity index (χ2v) is 3.16. The first-order valence-corrected chi connectivity index (χ1v) is 4.67.